The Morgan fingerprint density at radius 3 is 1.71 bits per heavy atom. The number of fused-ring (bicyclic) bond motifs is 3. The van der Waals surface area contributed by atoms with Crippen molar-refractivity contribution in [2.24, 2.45) is 29.1 Å². The minimum atomic E-state index is 0. The van der Waals surface area contributed by atoms with Crippen LogP contribution in [0.1, 0.15) is 134 Å². The topological polar surface area (TPSA) is 0 Å². The van der Waals surface area contributed by atoms with Gasteiger partial charge < -0.3 is 24.8 Å². The third kappa shape index (κ3) is 10.2. The fraction of sp³-hybridized carbons (Fsp3) is 0.442. The Morgan fingerprint density at radius 1 is 0.709 bits per heavy atom. The Bertz CT molecular complexity index is 1870. The molecule has 6 aliphatic rings. The number of halogens is 2. The predicted molar refractivity (Wildman–Crippen MR) is 222 cm³/mol. The summed E-state index contributed by atoms with van der Waals surface area (Å²) in [6, 6.07) is 36.3. The van der Waals surface area contributed by atoms with Gasteiger partial charge in [-0.1, -0.05) is 91.5 Å². The first-order valence-corrected chi connectivity index (χ1v) is 21.6. The summed E-state index contributed by atoms with van der Waals surface area (Å²) in [5.41, 5.74) is 15.2. The van der Waals surface area contributed by atoms with Crippen molar-refractivity contribution >= 4 is 3.21 Å². The average Bonchev–Trinajstić information content (AvgIpc) is 3.64. The van der Waals surface area contributed by atoms with Crippen LogP contribution in [0.5, 0.6) is 0 Å². The Morgan fingerprint density at radius 2 is 1.24 bits per heavy atom. The van der Waals surface area contributed by atoms with Gasteiger partial charge in [0.25, 0.3) is 0 Å². The van der Waals surface area contributed by atoms with Crippen LogP contribution in [0.3, 0.4) is 0 Å². The Hall–Kier alpha value is -2.31. The van der Waals surface area contributed by atoms with Crippen molar-refractivity contribution in [1.29, 1.82) is 0 Å². The summed E-state index contributed by atoms with van der Waals surface area (Å²) in [5.74, 6) is 3.82. The molecule has 3 heteroatoms. The van der Waals surface area contributed by atoms with Crippen LogP contribution in [0.15, 0.2) is 108 Å². The number of hydrogen-bond acceptors (Lipinski definition) is 0. The molecule has 4 bridgehead atoms. The summed E-state index contributed by atoms with van der Waals surface area (Å²) in [7, 11) is 0. The van der Waals surface area contributed by atoms with E-state index in [1.165, 1.54) is 83.9 Å². The van der Waals surface area contributed by atoms with Crippen LogP contribution in [-0.4, -0.2) is 3.21 Å². The molecule has 0 N–H and O–H groups in total. The normalized spacial score (nSPS) is 24.0. The van der Waals surface area contributed by atoms with Gasteiger partial charge in [-0.3, -0.25) is 6.08 Å². The zero-order valence-corrected chi connectivity index (χ0v) is 38.4. The second-order valence-electron chi connectivity index (χ2n) is 19.3. The summed E-state index contributed by atoms with van der Waals surface area (Å²) in [4.78, 5) is 0. The molecule has 4 aromatic carbocycles. The van der Waals surface area contributed by atoms with Crippen molar-refractivity contribution < 1.29 is 49.0 Å². The monoisotopic (exact) mass is 844 g/mol. The van der Waals surface area contributed by atoms with E-state index >= 15 is 0 Å². The molecule has 1 unspecified atom stereocenters. The molecule has 4 fully saturated rings. The second-order valence-corrected chi connectivity index (χ2v) is 20.5. The van der Waals surface area contributed by atoms with Crippen LogP contribution >= 0.6 is 0 Å². The molecule has 0 heterocycles. The van der Waals surface area contributed by atoms with Crippen molar-refractivity contribution in [1.82, 2.24) is 0 Å². The van der Waals surface area contributed by atoms with E-state index in [4.69, 9.17) is 0 Å². The van der Waals surface area contributed by atoms with Crippen LogP contribution in [0, 0.1) is 41.2 Å². The zero-order valence-electron chi connectivity index (χ0n) is 34.5. The molecule has 0 spiro atoms. The van der Waals surface area contributed by atoms with Gasteiger partial charge in [-0.05, 0) is 90.1 Å². The Labute approximate surface area is 361 Å². The number of hydrogen-bond donors (Lipinski definition) is 0. The Kier molecular flexibility index (Phi) is 14.1. The Balaban J connectivity index is 0.000000158. The molecule has 0 aromatic heterocycles. The molecule has 1 atom stereocenters. The van der Waals surface area contributed by atoms with Crippen molar-refractivity contribution in [3.05, 3.63) is 154 Å². The van der Waals surface area contributed by atoms with E-state index in [2.05, 4.69) is 165 Å². The standard InChI is InChI=1S/C21H25.C18H25.C13H10.2ClH.Zr/c1-20(2,3)16-7-9-18-14(12-16)11-15-13-17(21(4,5)6)8-10-19(15)18;1-12-3-13(2)17(4-12)11-18-8-14-5-15(9-18)7-16(6-14)10-18;1-3-7-12(8-4-1)11-13-9-5-2-6-10-13;;;/h7-10,12H,11H2,1-6H3;4,12,14-16H,5-11H2,1-2H3;1-10H;2*1H;/q2*-1;;;;+2/p-2. The van der Waals surface area contributed by atoms with E-state index < -0.39 is 0 Å². The molecular weight excluding hydrogens is 787 g/mol. The summed E-state index contributed by atoms with van der Waals surface area (Å²) < 4.78 is 1.42. The SMILES string of the molecule is CC(C)(C)c1[c-]c2c(cc1)-c1ccc(C(C)(C)C)cc1C2.CC1=[C-]C(C)C=C1CC12CC3CC(CC(C3)C1)C2.[Cl-].[Cl-].[Zr+2]=[C](c1ccccc1)c1ccccc1. The van der Waals surface area contributed by atoms with Gasteiger partial charge in [0, 0.05) is 0 Å². The van der Waals surface area contributed by atoms with Gasteiger partial charge in [0.1, 0.15) is 0 Å². The molecular formula is C52H60Cl2Zr-2. The third-order valence-corrected chi connectivity index (χ3v) is 14.1. The van der Waals surface area contributed by atoms with Crippen LogP contribution in [0.4, 0.5) is 0 Å². The van der Waals surface area contributed by atoms with Crippen molar-refractivity contribution in [2.45, 2.75) is 118 Å². The zero-order chi connectivity index (χ0) is 37.5. The van der Waals surface area contributed by atoms with E-state index in [1.54, 1.807) is 44.1 Å². The van der Waals surface area contributed by atoms with Gasteiger partial charge in [0.05, 0.1) is 0 Å². The second kappa shape index (κ2) is 17.7. The molecule has 0 radical (unpaired) electrons. The van der Waals surface area contributed by atoms with E-state index in [9.17, 15) is 0 Å². The molecule has 6 aliphatic carbocycles. The fourth-order valence-corrected chi connectivity index (χ4v) is 11.2. The first kappa shape index (κ1) is 43.8. The average molecular weight is 847 g/mol. The van der Waals surface area contributed by atoms with Crippen LogP contribution in [0.25, 0.3) is 11.1 Å². The number of allylic oxidation sites excluding steroid dienone is 4. The van der Waals surface area contributed by atoms with Crippen molar-refractivity contribution in [3.63, 3.8) is 0 Å². The van der Waals surface area contributed by atoms with E-state index in [-0.39, 0.29) is 35.6 Å². The van der Waals surface area contributed by atoms with Crippen LogP contribution in [-0.2, 0) is 41.5 Å². The molecule has 4 aromatic rings. The molecule has 0 nitrogen and oxygen atoms in total. The molecule has 10 rings (SSSR count). The number of benzene rings is 4. The molecule has 288 valence electrons. The third-order valence-electron chi connectivity index (χ3n) is 12.7. The first-order valence-electron chi connectivity index (χ1n) is 20.4. The van der Waals surface area contributed by atoms with E-state index in [0.29, 0.717) is 11.3 Å². The van der Waals surface area contributed by atoms with Gasteiger partial charge in [-0.15, -0.1) is 11.1 Å². The molecule has 4 saturated carbocycles. The van der Waals surface area contributed by atoms with Crippen molar-refractivity contribution in [3.8, 4) is 11.1 Å². The van der Waals surface area contributed by atoms with Gasteiger partial charge in [-0.2, -0.15) is 35.4 Å². The fourth-order valence-electron chi connectivity index (χ4n) is 10.4. The quantitative estimate of drug-likeness (QED) is 0.166. The first-order chi connectivity index (χ1) is 25.2. The maximum atomic E-state index is 3.67. The summed E-state index contributed by atoms with van der Waals surface area (Å²) in [6.07, 6.45) is 17.8. The number of rotatable bonds is 4. The van der Waals surface area contributed by atoms with Gasteiger partial charge >= 0.3 is 99.2 Å². The van der Waals surface area contributed by atoms with E-state index in [1.807, 2.05) is 0 Å². The summed E-state index contributed by atoms with van der Waals surface area (Å²) in [5, 5.41) is 0. The van der Waals surface area contributed by atoms with Crippen molar-refractivity contribution in [2.75, 3.05) is 0 Å². The maximum absolute atomic E-state index is 3.67. The van der Waals surface area contributed by atoms with Gasteiger partial charge in [-0.25, -0.2) is 5.57 Å². The summed E-state index contributed by atoms with van der Waals surface area (Å²) in [6.45, 7) is 18.1. The predicted octanol–water partition coefficient (Wildman–Crippen LogP) is 7.38. The van der Waals surface area contributed by atoms with E-state index in [0.717, 1.165) is 24.2 Å². The summed E-state index contributed by atoms with van der Waals surface area (Å²) >= 11 is 1.46. The van der Waals surface area contributed by atoms with Crippen LogP contribution < -0.4 is 24.8 Å². The van der Waals surface area contributed by atoms with Gasteiger partial charge in [0.2, 0.25) is 0 Å². The molecule has 0 saturated heterocycles. The van der Waals surface area contributed by atoms with Gasteiger partial charge in [0.15, 0.2) is 0 Å². The minimum absolute atomic E-state index is 0. The molecule has 0 aliphatic heterocycles. The molecule has 55 heavy (non-hydrogen) atoms. The molecule has 0 amide bonds. The van der Waals surface area contributed by atoms with Crippen LogP contribution in [0.2, 0.25) is 0 Å².